The number of nitrogens with zero attached hydrogens (tertiary/aromatic N) is 3. The SMILES string of the molecule is COc1cc(/C=N/NC(=O)c2ccc(COc3ccc(-n4c(C)ccc4C)cc3)o2)ccc1OCC(=O)N1CCOCC1. The number of hydrogen-bond acceptors (Lipinski definition) is 8. The molecule has 2 amide bonds. The lowest BCUT2D eigenvalue weighted by Crippen LogP contribution is -2.43. The Morgan fingerprint density at radius 2 is 1.67 bits per heavy atom. The minimum Gasteiger partial charge on any atom is -0.493 e. The Labute approximate surface area is 249 Å². The van der Waals surface area contributed by atoms with Gasteiger partial charge in [0.25, 0.3) is 5.91 Å². The minimum absolute atomic E-state index is 0.101. The molecule has 0 aliphatic carbocycles. The summed E-state index contributed by atoms with van der Waals surface area (Å²) in [4.78, 5) is 26.6. The highest BCUT2D eigenvalue weighted by Crippen LogP contribution is 2.28. The highest BCUT2D eigenvalue weighted by atomic mass is 16.5. The monoisotopic (exact) mass is 586 g/mol. The molecule has 2 aromatic heterocycles. The Bertz CT molecular complexity index is 1560. The molecule has 224 valence electrons. The van der Waals surface area contributed by atoms with Crippen molar-refractivity contribution in [3.8, 4) is 22.9 Å². The number of aromatic nitrogens is 1. The van der Waals surface area contributed by atoms with E-state index < -0.39 is 5.91 Å². The molecular weight excluding hydrogens is 552 g/mol. The van der Waals surface area contributed by atoms with E-state index in [9.17, 15) is 9.59 Å². The number of amides is 2. The van der Waals surface area contributed by atoms with Crippen LogP contribution in [0.4, 0.5) is 0 Å². The number of ether oxygens (including phenoxy) is 4. The Morgan fingerprint density at radius 1 is 0.930 bits per heavy atom. The lowest BCUT2D eigenvalue weighted by Gasteiger charge is -2.26. The normalized spacial score (nSPS) is 13.2. The summed E-state index contributed by atoms with van der Waals surface area (Å²) < 4.78 is 30.0. The van der Waals surface area contributed by atoms with Crippen LogP contribution in [0.5, 0.6) is 17.2 Å². The number of rotatable bonds is 11. The third kappa shape index (κ3) is 7.44. The first kappa shape index (κ1) is 29.5. The number of hydrazone groups is 1. The summed E-state index contributed by atoms with van der Waals surface area (Å²) in [7, 11) is 1.51. The quantitative estimate of drug-likeness (QED) is 0.206. The topological polar surface area (TPSA) is 117 Å². The molecule has 0 atom stereocenters. The van der Waals surface area contributed by atoms with Crippen molar-refractivity contribution in [2.75, 3.05) is 40.0 Å². The summed E-state index contributed by atoms with van der Waals surface area (Å²) in [6.07, 6.45) is 1.47. The zero-order chi connectivity index (χ0) is 30.2. The maximum absolute atomic E-state index is 12.5. The Morgan fingerprint density at radius 3 is 2.40 bits per heavy atom. The smallest absolute Gasteiger partial charge is 0.307 e. The van der Waals surface area contributed by atoms with Crippen molar-refractivity contribution in [2.45, 2.75) is 20.5 Å². The van der Waals surface area contributed by atoms with E-state index in [1.165, 1.54) is 13.3 Å². The van der Waals surface area contributed by atoms with Crippen molar-refractivity contribution in [1.29, 1.82) is 0 Å². The lowest BCUT2D eigenvalue weighted by molar-refractivity contribution is -0.137. The first-order valence-corrected chi connectivity index (χ1v) is 13.9. The van der Waals surface area contributed by atoms with Crippen molar-refractivity contribution >= 4 is 18.0 Å². The van der Waals surface area contributed by atoms with Crippen molar-refractivity contribution in [3.05, 3.63) is 95.2 Å². The summed E-state index contributed by atoms with van der Waals surface area (Å²) in [5.74, 6) is 1.55. The van der Waals surface area contributed by atoms with Crippen LogP contribution in [0.15, 0.2) is 76.2 Å². The number of carbonyl (C=O) groups is 2. The third-order valence-electron chi connectivity index (χ3n) is 6.91. The summed E-state index contributed by atoms with van der Waals surface area (Å²) in [5.41, 5.74) is 6.49. The molecule has 0 saturated carbocycles. The first-order chi connectivity index (χ1) is 20.9. The maximum atomic E-state index is 12.5. The van der Waals surface area contributed by atoms with E-state index in [0.29, 0.717) is 54.9 Å². The molecule has 11 nitrogen and oxygen atoms in total. The van der Waals surface area contributed by atoms with Gasteiger partial charge in [-0.2, -0.15) is 5.10 Å². The van der Waals surface area contributed by atoms with E-state index in [1.807, 2.05) is 24.3 Å². The van der Waals surface area contributed by atoms with Crippen molar-refractivity contribution in [1.82, 2.24) is 14.9 Å². The van der Waals surface area contributed by atoms with Crippen LogP contribution >= 0.6 is 0 Å². The van der Waals surface area contributed by atoms with Crippen LogP contribution in [0.3, 0.4) is 0 Å². The summed E-state index contributed by atoms with van der Waals surface area (Å²) >= 11 is 0. The molecule has 1 saturated heterocycles. The van der Waals surface area contributed by atoms with Crippen LogP contribution in [-0.2, 0) is 16.1 Å². The molecule has 0 bridgehead atoms. The number of furan rings is 1. The maximum Gasteiger partial charge on any atom is 0.307 e. The molecule has 11 heteroatoms. The van der Waals surface area contributed by atoms with Crippen LogP contribution in [0, 0.1) is 13.8 Å². The summed E-state index contributed by atoms with van der Waals surface area (Å²) in [5, 5.41) is 4.02. The Balaban J connectivity index is 1.10. The molecule has 0 radical (unpaired) electrons. The zero-order valence-electron chi connectivity index (χ0n) is 24.4. The predicted octanol–water partition coefficient (Wildman–Crippen LogP) is 4.28. The number of aryl methyl sites for hydroxylation is 2. The molecule has 0 unspecified atom stereocenters. The van der Waals surface area contributed by atoms with Gasteiger partial charge in [-0.1, -0.05) is 0 Å². The van der Waals surface area contributed by atoms with Crippen LogP contribution in [-0.4, -0.2) is 67.5 Å². The summed E-state index contributed by atoms with van der Waals surface area (Å²) in [6, 6.07) is 20.3. The predicted molar refractivity (Wildman–Crippen MR) is 159 cm³/mol. The van der Waals surface area contributed by atoms with Gasteiger partial charge in [-0.25, -0.2) is 5.43 Å². The highest BCUT2D eigenvalue weighted by molar-refractivity contribution is 5.92. The molecule has 1 aliphatic heterocycles. The van der Waals surface area contributed by atoms with Crippen LogP contribution in [0.25, 0.3) is 5.69 Å². The number of carbonyl (C=O) groups excluding carboxylic acids is 2. The van der Waals surface area contributed by atoms with Gasteiger partial charge in [0.2, 0.25) is 0 Å². The fraction of sp³-hybridized carbons (Fsp3) is 0.281. The Kier molecular flexibility index (Phi) is 9.42. The van der Waals surface area contributed by atoms with E-state index in [4.69, 9.17) is 23.4 Å². The van der Waals surface area contributed by atoms with Crippen LogP contribution < -0.4 is 19.6 Å². The summed E-state index contributed by atoms with van der Waals surface area (Å²) in [6.45, 7) is 6.36. The molecule has 1 fully saturated rings. The van der Waals surface area contributed by atoms with E-state index in [1.54, 1.807) is 35.2 Å². The standard InChI is InChI=1S/C32H34N4O7/c1-22-4-5-23(2)36(22)25-7-9-26(10-8-25)41-20-27-11-13-29(43-27)32(38)34-33-19-24-6-12-28(30(18-24)39-3)42-21-31(37)35-14-16-40-17-15-35/h4-13,18-19H,14-17,20-21H2,1-3H3,(H,34,38)/b33-19+. The van der Waals surface area contributed by atoms with Gasteiger partial charge in [-0.05, 0) is 86.1 Å². The molecule has 43 heavy (non-hydrogen) atoms. The van der Waals surface area contributed by atoms with Gasteiger partial charge in [0.1, 0.15) is 18.1 Å². The number of methoxy groups -OCH3 is 1. The van der Waals surface area contributed by atoms with Crippen molar-refractivity contribution < 1.29 is 33.0 Å². The van der Waals surface area contributed by atoms with Gasteiger partial charge in [-0.15, -0.1) is 0 Å². The van der Waals surface area contributed by atoms with Gasteiger partial charge in [-0.3, -0.25) is 9.59 Å². The van der Waals surface area contributed by atoms with Crippen LogP contribution in [0.2, 0.25) is 0 Å². The van der Waals surface area contributed by atoms with E-state index in [-0.39, 0.29) is 24.9 Å². The molecule has 3 heterocycles. The number of morpholine rings is 1. The minimum atomic E-state index is -0.502. The van der Waals surface area contributed by atoms with Gasteiger partial charge >= 0.3 is 5.91 Å². The first-order valence-electron chi connectivity index (χ1n) is 13.9. The largest absolute Gasteiger partial charge is 0.493 e. The number of benzene rings is 2. The number of nitrogens with one attached hydrogen (secondary N) is 1. The second kappa shape index (κ2) is 13.8. The van der Waals surface area contributed by atoms with Crippen molar-refractivity contribution in [3.63, 3.8) is 0 Å². The fourth-order valence-electron chi connectivity index (χ4n) is 4.65. The molecule has 5 rings (SSSR count). The molecule has 4 aromatic rings. The molecule has 1 aliphatic rings. The van der Waals surface area contributed by atoms with E-state index in [2.05, 4.69) is 41.1 Å². The third-order valence-corrected chi connectivity index (χ3v) is 6.91. The average Bonchev–Trinajstić information content (AvgIpc) is 3.65. The van der Waals surface area contributed by atoms with Gasteiger partial charge in [0, 0.05) is 30.2 Å². The van der Waals surface area contributed by atoms with Gasteiger partial charge < -0.3 is 32.8 Å². The van der Waals surface area contributed by atoms with Crippen molar-refractivity contribution in [2.24, 2.45) is 5.10 Å². The zero-order valence-corrected chi connectivity index (χ0v) is 24.4. The lowest BCUT2D eigenvalue weighted by atomic mass is 10.2. The average molecular weight is 587 g/mol. The second-order valence-electron chi connectivity index (χ2n) is 9.89. The van der Waals surface area contributed by atoms with Gasteiger partial charge in [0.05, 0.1) is 26.5 Å². The van der Waals surface area contributed by atoms with E-state index >= 15 is 0 Å². The van der Waals surface area contributed by atoms with Gasteiger partial charge in [0.15, 0.2) is 23.9 Å². The molecular formula is C32H34N4O7. The molecule has 2 aromatic carbocycles. The Hall–Kier alpha value is -5.03. The fourth-order valence-corrected chi connectivity index (χ4v) is 4.65. The molecule has 0 spiro atoms. The van der Waals surface area contributed by atoms with Crippen LogP contribution in [0.1, 0.15) is 33.3 Å². The van der Waals surface area contributed by atoms with E-state index in [0.717, 1.165) is 17.1 Å². The number of hydrogen-bond donors (Lipinski definition) is 1. The second-order valence-corrected chi connectivity index (χ2v) is 9.89. The molecule has 1 N–H and O–H groups in total. The highest BCUT2D eigenvalue weighted by Gasteiger charge is 2.18.